The van der Waals surface area contributed by atoms with Gasteiger partial charge < -0.3 is 9.15 Å². The first-order chi connectivity index (χ1) is 12.9. The summed E-state index contributed by atoms with van der Waals surface area (Å²) in [4.78, 5) is 28.9. The van der Waals surface area contributed by atoms with Crippen molar-refractivity contribution in [3.8, 4) is 0 Å². The van der Waals surface area contributed by atoms with Gasteiger partial charge in [0.15, 0.2) is 0 Å². The normalized spacial score (nSPS) is 11.2. The monoisotopic (exact) mass is 366 g/mol. The van der Waals surface area contributed by atoms with Gasteiger partial charge in [-0.15, -0.1) is 0 Å². The number of esters is 1. The predicted octanol–water partition coefficient (Wildman–Crippen LogP) is 3.55. The van der Waals surface area contributed by atoms with Crippen LogP contribution in [0.5, 0.6) is 0 Å². The largest absolute Gasteiger partial charge is 0.453 e. The Bertz CT molecular complexity index is 1260. The minimum atomic E-state index is -0.699. The molecule has 0 fully saturated rings. The van der Waals surface area contributed by atoms with Crippen LogP contribution in [0, 0.1) is 19.7 Å². The molecule has 0 saturated carbocycles. The number of hydrogen-bond donors (Lipinski definition) is 0. The molecule has 0 aliphatic carbocycles. The maximum Gasteiger partial charge on any atom is 0.374 e. The Kier molecular flexibility index (Phi) is 3.99. The summed E-state index contributed by atoms with van der Waals surface area (Å²) in [5, 5.41) is 0.513. The smallest absolute Gasteiger partial charge is 0.374 e. The van der Waals surface area contributed by atoms with Gasteiger partial charge in [0.1, 0.15) is 23.7 Å². The van der Waals surface area contributed by atoms with Crippen LogP contribution in [0.25, 0.3) is 16.6 Å². The Hall–Kier alpha value is -3.48. The molecule has 3 aromatic heterocycles. The van der Waals surface area contributed by atoms with Crippen LogP contribution >= 0.6 is 0 Å². The van der Waals surface area contributed by atoms with E-state index in [1.165, 1.54) is 28.7 Å². The van der Waals surface area contributed by atoms with E-state index in [-0.39, 0.29) is 17.9 Å². The minimum Gasteiger partial charge on any atom is -0.453 e. The van der Waals surface area contributed by atoms with Crippen molar-refractivity contribution in [2.24, 2.45) is 0 Å². The summed E-state index contributed by atoms with van der Waals surface area (Å²) in [6.45, 7) is 3.36. The lowest BCUT2D eigenvalue weighted by Gasteiger charge is -2.06. The molecule has 0 N–H and O–H groups in total. The lowest BCUT2D eigenvalue weighted by molar-refractivity contribution is 0.0432. The molecule has 0 saturated heterocycles. The van der Waals surface area contributed by atoms with E-state index in [9.17, 15) is 14.0 Å². The van der Waals surface area contributed by atoms with Crippen molar-refractivity contribution < 1.29 is 18.3 Å². The summed E-state index contributed by atoms with van der Waals surface area (Å²) in [7, 11) is 0. The first kappa shape index (κ1) is 17.0. The molecule has 0 radical (unpaired) electrons. The summed E-state index contributed by atoms with van der Waals surface area (Å²) in [6.07, 6.45) is 1.69. The number of pyridine rings is 1. The molecule has 4 rings (SSSR count). The zero-order chi connectivity index (χ0) is 19.1. The zero-order valence-corrected chi connectivity index (χ0v) is 14.7. The SMILES string of the molecule is Cc1ccc2nc(COC(=O)c3oc4ccc(F)cc4c3C)cc(=O)n2c1. The highest BCUT2D eigenvalue weighted by Crippen LogP contribution is 2.26. The Labute approximate surface area is 152 Å². The minimum absolute atomic E-state index is 0.00346. The molecule has 6 nitrogen and oxygen atoms in total. The zero-order valence-electron chi connectivity index (χ0n) is 14.7. The molecule has 4 aromatic rings. The van der Waals surface area contributed by atoms with Crippen LogP contribution in [0.2, 0.25) is 0 Å². The number of ether oxygens (including phenoxy) is 1. The fraction of sp³-hybridized carbons (Fsp3) is 0.150. The van der Waals surface area contributed by atoms with Gasteiger partial charge in [-0.25, -0.2) is 14.2 Å². The van der Waals surface area contributed by atoms with E-state index < -0.39 is 11.8 Å². The highest BCUT2D eigenvalue weighted by Gasteiger charge is 2.20. The highest BCUT2D eigenvalue weighted by atomic mass is 19.1. The van der Waals surface area contributed by atoms with Gasteiger partial charge >= 0.3 is 5.97 Å². The van der Waals surface area contributed by atoms with Gasteiger partial charge in [0, 0.05) is 23.2 Å². The molecular formula is C20H15FN2O4. The molecule has 0 aliphatic rings. The summed E-state index contributed by atoms with van der Waals surface area (Å²) in [5.74, 6) is -1.11. The van der Waals surface area contributed by atoms with Crippen molar-refractivity contribution in [2.75, 3.05) is 0 Å². The number of halogens is 1. The number of fused-ring (bicyclic) bond motifs is 2. The van der Waals surface area contributed by atoms with Gasteiger partial charge in [-0.2, -0.15) is 0 Å². The van der Waals surface area contributed by atoms with Crippen LogP contribution in [0.15, 0.2) is 51.8 Å². The fourth-order valence-electron chi connectivity index (χ4n) is 2.93. The molecule has 0 bridgehead atoms. The van der Waals surface area contributed by atoms with Gasteiger partial charge in [0.25, 0.3) is 5.56 Å². The number of carbonyl (C=O) groups excluding carboxylic acids is 1. The van der Waals surface area contributed by atoms with Crippen LogP contribution < -0.4 is 5.56 Å². The standard InChI is InChI=1S/C20H15FN2O4/c1-11-3-6-17-22-14(8-18(24)23(17)9-11)10-26-20(25)19-12(2)15-7-13(21)4-5-16(15)27-19/h3-9H,10H2,1-2H3. The number of aryl methyl sites for hydroxylation is 2. The topological polar surface area (TPSA) is 73.8 Å². The first-order valence-corrected chi connectivity index (χ1v) is 8.27. The number of nitrogens with zero attached hydrogens (tertiary/aromatic N) is 2. The molecule has 3 heterocycles. The Morgan fingerprint density at radius 1 is 1.22 bits per heavy atom. The van der Waals surface area contributed by atoms with Crippen molar-refractivity contribution in [3.63, 3.8) is 0 Å². The lowest BCUT2D eigenvalue weighted by atomic mass is 10.1. The summed E-state index contributed by atoms with van der Waals surface area (Å²) >= 11 is 0. The summed E-state index contributed by atoms with van der Waals surface area (Å²) < 4.78 is 25.5. The number of aromatic nitrogens is 2. The van der Waals surface area contributed by atoms with Gasteiger partial charge in [-0.05, 0) is 43.7 Å². The number of hydrogen-bond acceptors (Lipinski definition) is 5. The quantitative estimate of drug-likeness (QED) is 0.519. The third-order valence-electron chi connectivity index (χ3n) is 4.30. The highest BCUT2D eigenvalue weighted by molar-refractivity contribution is 5.95. The van der Waals surface area contributed by atoms with E-state index >= 15 is 0 Å². The van der Waals surface area contributed by atoms with Crippen molar-refractivity contribution in [1.82, 2.24) is 9.38 Å². The second-order valence-corrected chi connectivity index (χ2v) is 6.29. The predicted molar refractivity (Wildman–Crippen MR) is 96.2 cm³/mol. The van der Waals surface area contributed by atoms with Crippen LogP contribution in [-0.2, 0) is 11.3 Å². The second-order valence-electron chi connectivity index (χ2n) is 6.29. The van der Waals surface area contributed by atoms with Crippen molar-refractivity contribution in [1.29, 1.82) is 0 Å². The number of carbonyl (C=O) groups is 1. The molecule has 0 aliphatic heterocycles. The van der Waals surface area contributed by atoms with E-state index in [1.54, 1.807) is 19.2 Å². The van der Waals surface area contributed by atoms with Gasteiger partial charge in [0.2, 0.25) is 5.76 Å². The van der Waals surface area contributed by atoms with E-state index in [0.29, 0.717) is 27.9 Å². The molecule has 1 aromatic carbocycles. The Morgan fingerprint density at radius 2 is 2.04 bits per heavy atom. The molecule has 7 heteroatoms. The summed E-state index contributed by atoms with van der Waals surface area (Å²) in [6, 6.07) is 8.91. The van der Waals surface area contributed by atoms with Gasteiger partial charge in [-0.3, -0.25) is 9.20 Å². The van der Waals surface area contributed by atoms with Crippen molar-refractivity contribution in [2.45, 2.75) is 20.5 Å². The van der Waals surface area contributed by atoms with Crippen LogP contribution in [0.4, 0.5) is 4.39 Å². The Morgan fingerprint density at radius 3 is 2.85 bits per heavy atom. The lowest BCUT2D eigenvalue weighted by Crippen LogP contribution is -2.17. The average Bonchev–Trinajstić information content (AvgIpc) is 2.97. The van der Waals surface area contributed by atoms with Crippen LogP contribution in [0.3, 0.4) is 0 Å². The Balaban J connectivity index is 1.59. The number of rotatable bonds is 3. The van der Waals surface area contributed by atoms with E-state index in [2.05, 4.69) is 4.98 Å². The molecule has 0 amide bonds. The first-order valence-electron chi connectivity index (χ1n) is 8.27. The number of furan rings is 1. The van der Waals surface area contributed by atoms with Crippen molar-refractivity contribution in [3.05, 3.63) is 81.3 Å². The third-order valence-corrected chi connectivity index (χ3v) is 4.30. The average molecular weight is 366 g/mol. The second kappa shape index (κ2) is 6.35. The number of benzene rings is 1. The van der Waals surface area contributed by atoms with Gasteiger partial charge in [0.05, 0.1) is 5.69 Å². The van der Waals surface area contributed by atoms with E-state index in [1.807, 2.05) is 13.0 Å². The van der Waals surface area contributed by atoms with Crippen molar-refractivity contribution >= 4 is 22.6 Å². The maximum absolute atomic E-state index is 13.4. The molecular weight excluding hydrogens is 351 g/mol. The van der Waals surface area contributed by atoms with Gasteiger partial charge in [-0.1, -0.05) is 6.07 Å². The van der Waals surface area contributed by atoms with E-state index in [0.717, 1.165) is 5.56 Å². The maximum atomic E-state index is 13.4. The third kappa shape index (κ3) is 3.08. The fourth-order valence-corrected chi connectivity index (χ4v) is 2.93. The molecule has 136 valence electrons. The molecule has 27 heavy (non-hydrogen) atoms. The van der Waals surface area contributed by atoms with E-state index in [4.69, 9.17) is 9.15 Å². The van der Waals surface area contributed by atoms with Crippen LogP contribution in [0.1, 0.15) is 27.4 Å². The molecule has 0 atom stereocenters. The summed E-state index contributed by atoms with van der Waals surface area (Å²) in [5.41, 5.74) is 2.37. The van der Waals surface area contributed by atoms with Crippen LogP contribution in [-0.4, -0.2) is 15.4 Å². The molecule has 0 spiro atoms. The molecule has 0 unspecified atom stereocenters.